The third-order valence-corrected chi connectivity index (χ3v) is 5.13. The summed E-state index contributed by atoms with van der Waals surface area (Å²) in [5.41, 5.74) is 3.32. The van der Waals surface area contributed by atoms with Crippen molar-refractivity contribution in [3.63, 3.8) is 0 Å². The fraction of sp³-hybridized carbons (Fsp3) is 0.231. The summed E-state index contributed by atoms with van der Waals surface area (Å²) in [6.45, 7) is 2.94. The van der Waals surface area contributed by atoms with Gasteiger partial charge in [0.2, 0.25) is 0 Å². The van der Waals surface area contributed by atoms with Crippen LogP contribution in [0.3, 0.4) is 0 Å². The number of hydrogen-bond acceptors (Lipinski definition) is 3. The number of ether oxygens (including phenoxy) is 1. The summed E-state index contributed by atoms with van der Waals surface area (Å²) in [4.78, 5) is 26.9. The Labute approximate surface area is 194 Å². The number of methoxy groups -OCH3 is 1. The summed E-state index contributed by atoms with van der Waals surface area (Å²) < 4.78 is 5.33. The average Bonchev–Trinajstić information content (AvgIpc) is 2.85. The zero-order chi connectivity index (χ0) is 23.5. The van der Waals surface area contributed by atoms with E-state index in [4.69, 9.17) is 4.74 Å². The van der Waals surface area contributed by atoms with Gasteiger partial charge in [0.25, 0.3) is 0 Å². The number of carbonyl (C=O) groups excluding carboxylic acids is 2. The van der Waals surface area contributed by atoms with Gasteiger partial charge in [-0.15, -0.1) is 0 Å². The molecule has 0 bridgehead atoms. The monoisotopic (exact) mass is 446 g/mol. The van der Waals surface area contributed by atoms with E-state index in [2.05, 4.69) is 22.9 Å². The van der Waals surface area contributed by atoms with E-state index in [1.54, 1.807) is 24.1 Å². The van der Waals surface area contributed by atoms with Crippen LogP contribution in [0.2, 0.25) is 0 Å². The number of nitrogens with zero attached hydrogens (tertiary/aromatic N) is 1. The molecule has 7 heteroatoms. The van der Waals surface area contributed by atoms with Crippen LogP contribution in [-0.4, -0.2) is 32.3 Å². The number of para-hydroxylation sites is 3. The number of nitrogens with one attached hydrogen (secondary N) is 3. The molecule has 4 amide bonds. The van der Waals surface area contributed by atoms with Gasteiger partial charge < -0.3 is 20.7 Å². The van der Waals surface area contributed by atoms with Crippen molar-refractivity contribution in [2.24, 2.45) is 0 Å². The minimum atomic E-state index is -0.274. The number of amides is 4. The Kier molecular flexibility index (Phi) is 8.71. The molecule has 0 heterocycles. The molecule has 3 aromatic rings. The third kappa shape index (κ3) is 7.00. The van der Waals surface area contributed by atoms with E-state index in [1.807, 2.05) is 66.7 Å². The predicted octanol–water partition coefficient (Wildman–Crippen LogP) is 5.51. The van der Waals surface area contributed by atoms with Crippen molar-refractivity contribution in [3.8, 4) is 5.75 Å². The highest BCUT2D eigenvalue weighted by Crippen LogP contribution is 2.24. The Balaban J connectivity index is 1.55. The highest BCUT2D eigenvalue weighted by Gasteiger charge is 2.17. The minimum absolute atomic E-state index is 0.272. The van der Waals surface area contributed by atoms with Gasteiger partial charge >= 0.3 is 12.1 Å². The van der Waals surface area contributed by atoms with Gasteiger partial charge in [-0.1, -0.05) is 49.4 Å². The highest BCUT2D eigenvalue weighted by atomic mass is 16.5. The molecule has 0 saturated carbocycles. The number of aryl methyl sites for hydroxylation is 1. The molecule has 0 saturated heterocycles. The normalized spacial score (nSPS) is 10.2. The summed E-state index contributed by atoms with van der Waals surface area (Å²) in [6.07, 6.45) is 1.53. The molecule has 3 aromatic carbocycles. The lowest BCUT2D eigenvalue weighted by molar-refractivity contribution is 0.252. The first-order valence-electron chi connectivity index (χ1n) is 11.0. The van der Waals surface area contributed by atoms with Crippen LogP contribution in [-0.2, 0) is 6.42 Å². The summed E-state index contributed by atoms with van der Waals surface area (Å²) in [5, 5.41) is 8.58. The van der Waals surface area contributed by atoms with E-state index in [0.717, 1.165) is 17.8 Å². The third-order valence-electron chi connectivity index (χ3n) is 5.13. The molecular formula is C26H30N4O3. The second-order valence-electron chi connectivity index (χ2n) is 7.40. The lowest BCUT2D eigenvalue weighted by Gasteiger charge is -2.24. The van der Waals surface area contributed by atoms with Crippen molar-refractivity contribution < 1.29 is 14.3 Å². The van der Waals surface area contributed by atoms with Gasteiger partial charge in [-0.3, -0.25) is 4.90 Å². The Bertz CT molecular complexity index is 1040. The maximum Gasteiger partial charge on any atom is 0.326 e. The van der Waals surface area contributed by atoms with Crippen LogP contribution in [0.5, 0.6) is 5.75 Å². The van der Waals surface area contributed by atoms with E-state index in [-0.39, 0.29) is 12.1 Å². The van der Waals surface area contributed by atoms with Gasteiger partial charge in [0.15, 0.2) is 0 Å². The van der Waals surface area contributed by atoms with Gasteiger partial charge in [-0.25, -0.2) is 9.59 Å². The first-order valence-corrected chi connectivity index (χ1v) is 11.0. The standard InChI is InChI=1S/C26H30N4O3/c1-3-20-14-16-21(17-15-20)28-25(31)27-18-9-19-30(22-10-5-4-6-11-22)26(32)29-23-12-7-8-13-24(23)33-2/h4-8,10-17H,3,9,18-19H2,1-2H3,(H,29,32)(H2,27,28,31). The molecular weight excluding hydrogens is 416 g/mol. The van der Waals surface area contributed by atoms with Crippen LogP contribution in [0.4, 0.5) is 26.7 Å². The fourth-order valence-corrected chi connectivity index (χ4v) is 3.32. The largest absolute Gasteiger partial charge is 0.495 e. The topological polar surface area (TPSA) is 82.7 Å². The Morgan fingerprint density at radius 1 is 0.879 bits per heavy atom. The average molecular weight is 447 g/mol. The summed E-state index contributed by atoms with van der Waals surface area (Å²) in [6, 6.07) is 23.9. The number of carbonyl (C=O) groups is 2. The van der Waals surface area contributed by atoms with Crippen LogP contribution in [0.25, 0.3) is 0 Å². The maximum atomic E-state index is 13.1. The second kappa shape index (κ2) is 12.1. The molecule has 0 aliphatic rings. The zero-order valence-corrected chi connectivity index (χ0v) is 19.0. The van der Waals surface area contributed by atoms with E-state index in [9.17, 15) is 9.59 Å². The molecule has 0 spiro atoms. The van der Waals surface area contributed by atoms with Gasteiger partial charge in [0, 0.05) is 24.5 Å². The molecule has 0 atom stereocenters. The minimum Gasteiger partial charge on any atom is -0.495 e. The van der Waals surface area contributed by atoms with Crippen molar-refractivity contribution in [2.75, 3.05) is 35.7 Å². The molecule has 0 fully saturated rings. The molecule has 7 nitrogen and oxygen atoms in total. The summed E-state index contributed by atoms with van der Waals surface area (Å²) >= 11 is 0. The van der Waals surface area contributed by atoms with Crippen molar-refractivity contribution in [2.45, 2.75) is 19.8 Å². The summed E-state index contributed by atoms with van der Waals surface area (Å²) in [5.74, 6) is 0.587. The quantitative estimate of drug-likeness (QED) is 0.379. The number of anilines is 3. The molecule has 3 N–H and O–H groups in total. The van der Waals surface area contributed by atoms with Crippen molar-refractivity contribution in [1.29, 1.82) is 0 Å². The number of urea groups is 2. The zero-order valence-electron chi connectivity index (χ0n) is 19.0. The molecule has 0 unspecified atom stereocenters. The van der Waals surface area contributed by atoms with Crippen molar-refractivity contribution in [1.82, 2.24) is 5.32 Å². The van der Waals surface area contributed by atoms with Gasteiger partial charge in [0.1, 0.15) is 5.75 Å². The molecule has 33 heavy (non-hydrogen) atoms. The Hall–Kier alpha value is -4.00. The maximum absolute atomic E-state index is 13.1. The Morgan fingerprint density at radius 3 is 2.27 bits per heavy atom. The lowest BCUT2D eigenvalue weighted by atomic mass is 10.1. The van der Waals surface area contributed by atoms with Gasteiger partial charge in [-0.05, 0) is 54.8 Å². The predicted molar refractivity (Wildman–Crippen MR) is 133 cm³/mol. The van der Waals surface area contributed by atoms with Crippen LogP contribution in [0, 0.1) is 0 Å². The van der Waals surface area contributed by atoms with Gasteiger partial charge in [0.05, 0.1) is 12.8 Å². The number of hydrogen-bond donors (Lipinski definition) is 3. The van der Waals surface area contributed by atoms with Crippen molar-refractivity contribution in [3.05, 3.63) is 84.4 Å². The Morgan fingerprint density at radius 2 is 1.58 bits per heavy atom. The molecule has 0 radical (unpaired) electrons. The molecule has 0 aliphatic carbocycles. The van der Waals surface area contributed by atoms with Crippen LogP contribution >= 0.6 is 0 Å². The molecule has 0 aliphatic heterocycles. The van der Waals surface area contributed by atoms with Crippen LogP contribution in [0.15, 0.2) is 78.9 Å². The van der Waals surface area contributed by atoms with E-state index in [1.165, 1.54) is 5.56 Å². The van der Waals surface area contributed by atoms with E-state index < -0.39 is 0 Å². The van der Waals surface area contributed by atoms with Crippen LogP contribution in [0.1, 0.15) is 18.9 Å². The smallest absolute Gasteiger partial charge is 0.326 e. The second-order valence-corrected chi connectivity index (χ2v) is 7.40. The summed E-state index contributed by atoms with van der Waals surface area (Å²) in [7, 11) is 1.56. The SMILES string of the molecule is CCc1ccc(NC(=O)NCCCN(C(=O)Nc2ccccc2OC)c2ccccc2)cc1. The molecule has 3 rings (SSSR count). The highest BCUT2D eigenvalue weighted by molar-refractivity contribution is 6.02. The van der Waals surface area contributed by atoms with Crippen LogP contribution < -0.4 is 25.6 Å². The molecule has 172 valence electrons. The van der Waals surface area contributed by atoms with E-state index >= 15 is 0 Å². The van der Waals surface area contributed by atoms with Gasteiger partial charge in [-0.2, -0.15) is 0 Å². The first-order chi connectivity index (χ1) is 16.1. The van der Waals surface area contributed by atoms with E-state index in [0.29, 0.717) is 30.9 Å². The number of benzene rings is 3. The molecule has 0 aromatic heterocycles. The fourth-order valence-electron chi connectivity index (χ4n) is 3.32. The van der Waals surface area contributed by atoms with Crippen molar-refractivity contribution >= 4 is 29.1 Å². The number of rotatable bonds is 9. The lowest BCUT2D eigenvalue weighted by Crippen LogP contribution is -2.38. The first kappa shape index (κ1) is 23.7.